The Morgan fingerprint density at radius 3 is 2.71 bits per heavy atom. The van der Waals surface area contributed by atoms with Crippen LogP contribution in [0.15, 0.2) is 18.2 Å². The Kier molecular flexibility index (Phi) is 6.78. The number of aromatic nitrogens is 1. The monoisotopic (exact) mass is 406 g/mol. The van der Waals surface area contributed by atoms with Crippen LogP contribution in [0, 0.1) is 0 Å². The molecule has 3 rings (SSSR count). The highest BCUT2D eigenvalue weighted by molar-refractivity contribution is 7.79. The number of likely N-dealkylation sites (N-methyl/N-ethyl adjacent to an activating group) is 1. The molecule has 1 aromatic carbocycles. The molecule has 1 heterocycles. The van der Waals surface area contributed by atoms with Crippen LogP contribution >= 0.6 is 0 Å². The van der Waals surface area contributed by atoms with Crippen LogP contribution in [0.3, 0.4) is 0 Å². The number of benzene rings is 1. The summed E-state index contributed by atoms with van der Waals surface area (Å²) in [5.74, 6) is 0.846. The molecule has 0 N–H and O–H groups in total. The summed E-state index contributed by atoms with van der Waals surface area (Å²) >= 11 is -1.29. The van der Waals surface area contributed by atoms with Gasteiger partial charge in [0.2, 0.25) is 5.91 Å². The van der Waals surface area contributed by atoms with E-state index >= 15 is 0 Å². The van der Waals surface area contributed by atoms with Crippen LogP contribution in [0.1, 0.15) is 43.9 Å². The summed E-state index contributed by atoms with van der Waals surface area (Å²) in [6.07, 6.45) is 4.29. The van der Waals surface area contributed by atoms with Gasteiger partial charge in [0.15, 0.2) is 11.1 Å². The molecule has 1 aliphatic carbocycles. The van der Waals surface area contributed by atoms with Gasteiger partial charge in [0, 0.05) is 37.0 Å². The van der Waals surface area contributed by atoms with Crippen molar-refractivity contribution in [1.29, 1.82) is 0 Å². The van der Waals surface area contributed by atoms with E-state index in [9.17, 15) is 9.00 Å². The van der Waals surface area contributed by atoms with Gasteiger partial charge in [0.25, 0.3) is 0 Å². The van der Waals surface area contributed by atoms with Crippen LogP contribution in [0.4, 0.5) is 0 Å². The van der Waals surface area contributed by atoms with Crippen molar-refractivity contribution in [3.63, 3.8) is 0 Å². The normalized spacial score (nSPS) is 17.4. The predicted octanol–water partition coefficient (Wildman–Crippen LogP) is 3.25. The standard InChI is InChI=1S/C21H30N2O4S/c1-5-22(6-2)21(24)15-9-7-10-16-19(15)20-17(11-8-12-18(20)26-3)23(16)13-14-27-28(4)25/h8,11-12,15H,5-7,9-10,13-14H2,1-4H3. The molecule has 1 aliphatic rings. The van der Waals surface area contributed by atoms with E-state index in [0.29, 0.717) is 26.2 Å². The van der Waals surface area contributed by atoms with E-state index in [1.807, 2.05) is 30.9 Å². The van der Waals surface area contributed by atoms with Gasteiger partial charge in [-0.2, -0.15) is 0 Å². The molecular weight excluding hydrogens is 376 g/mol. The zero-order chi connectivity index (χ0) is 20.3. The Balaban J connectivity index is 2.14. The van der Waals surface area contributed by atoms with E-state index < -0.39 is 11.1 Å². The SMILES string of the molecule is CCN(CC)C(=O)C1CCCc2c1c1c(OC)cccc1n2CCOS(C)=O. The van der Waals surface area contributed by atoms with Gasteiger partial charge in [-0.1, -0.05) is 6.07 Å². The fourth-order valence-corrected chi connectivity index (χ4v) is 4.70. The Hall–Kier alpha value is -1.86. The molecule has 0 saturated heterocycles. The molecule has 0 spiro atoms. The van der Waals surface area contributed by atoms with Gasteiger partial charge in [-0.15, -0.1) is 0 Å². The second-order valence-electron chi connectivity index (χ2n) is 7.05. The lowest BCUT2D eigenvalue weighted by molar-refractivity contribution is -0.132. The fourth-order valence-electron chi connectivity index (χ4n) is 4.39. The minimum absolute atomic E-state index is 0.148. The number of hydrogen-bond acceptors (Lipinski definition) is 4. The van der Waals surface area contributed by atoms with Gasteiger partial charge in [-0.25, -0.2) is 4.21 Å². The maximum atomic E-state index is 13.3. The lowest BCUT2D eigenvalue weighted by atomic mass is 9.84. The molecule has 0 fully saturated rings. The number of hydrogen-bond donors (Lipinski definition) is 0. The lowest BCUT2D eigenvalue weighted by Crippen LogP contribution is -2.36. The number of amides is 1. The van der Waals surface area contributed by atoms with Gasteiger partial charge >= 0.3 is 0 Å². The predicted molar refractivity (Wildman–Crippen MR) is 112 cm³/mol. The molecule has 6 nitrogen and oxygen atoms in total. The van der Waals surface area contributed by atoms with E-state index in [4.69, 9.17) is 8.92 Å². The molecule has 1 amide bonds. The molecule has 2 aromatic rings. The topological polar surface area (TPSA) is 60.8 Å². The van der Waals surface area contributed by atoms with Crippen molar-refractivity contribution in [2.75, 3.05) is 33.1 Å². The Morgan fingerprint density at radius 1 is 1.32 bits per heavy atom. The molecule has 2 unspecified atom stereocenters. The summed E-state index contributed by atoms with van der Waals surface area (Å²) in [5.41, 5.74) is 3.34. The molecule has 0 bridgehead atoms. The first kappa shape index (κ1) is 20.9. The number of ether oxygens (including phenoxy) is 1. The number of methoxy groups -OCH3 is 1. The van der Waals surface area contributed by atoms with E-state index in [2.05, 4.69) is 10.6 Å². The van der Waals surface area contributed by atoms with Crippen LogP contribution in [0.5, 0.6) is 5.75 Å². The third kappa shape index (κ3) is 3.82. The van der Waals surface area contributed by atoms with Crippen molar-refractivity contribution < 1.29 is 17.9 Å². The molecule has 2 atom stereocenters. The van der Waals surface area contributed by atoms with Crippen molar-refractivity contribution in [3.8, 4) is 5.75 Å². The maximum absolute atomic E-state index is 13.3. The van der Waals surface area contributed by atoms with Crippen LogP contribution in [0.2, 0.25) is 0 Å². The van der Waals surface area contributed by atoms with Gasteiger partial charge < -0.3 is 14.2 Å². The van der Waals surface area contributed by atoms with Crippen LogP contribution in [-0.2, 0) is 33.0 Å². The first-order valence-corrected chi connectivity index (χ1v) is 11.4. The molecule has 154 valence electrons. The Bertz CT molecular complexity index is 873. The van der Waals surface area contributed by atoms with Gasteiger partial charge in [-0.3, -0.25) is 8.98 Å². The lowest BCUT2D eigenvalue weighted by Gasteiger charge is -2.29. The fraction of sp³-hybridized carbons (Fsp3) is 0.571. The maximum Gasteiger partial charge on any atom is 0.230 e. The number of fused-ring (bicyclic) bond motifs is 3. The second-order valence-corrected chi connectivity index (χ2v) is 8.08. The quantitative estimate of drug-likeness (QED) is 0.675. The zero-order valence-corrected chi connectivity index (χ0v) is 18.0. The van der Waals surface area contributed by atoms with Crippen molar-refractivity contribution in [2.45, 2.75) is 45.6 Å². The van der Waals surface area contributed by atoms with E-state index in [-0.39, 0.29) is 11.8 Å². The minimum atomic E-state index is -1.29. The Labute approximate surface area is 169 Å². The molecule has 0 aliphatic heterocycles. The third-order valence-corrected chi connectivity index (χ3v) is 6.11. The van der Waals surface area contributed by atoms with E-state index in [1.54, 1.807) is 7.11 Å². The number of carbonyl (C=O) groups is 1. The molecule has 1 aromatic heterocycles. The average molecular weight is 407 g/mol. The smallest absolute Gasteiger partial charge is 0.230 e. The summed E-state index contributed by atoms with van der Waals surface area (Å²) < 4.78 is 24.5. The average Bonchev–Trinajstić information content (AvgIpc) is 3.02. The highest BCUT2D eigenvalue weighted by atomic mass is 32.2. The zero-order valence-electron chi connectivity index (χ0n) is 17.2. The summed E-state index contributed by atoms with van der Waals surface area (Å²) in [6.45, 7) is 6.45. The van der Waals surface area contributed by atoms with Crippen LogP contribution in [-0.4, -0.2) is 52.6 Å². The van der Waals surface area contributed by atoms with Crippen molar-refractivity contribution in [3.05, 3.63) is 29.5 Å². The van der Waals surface area contributed by atoms with Crippen molar-refractivity contribution >= 4 is 27.9 Å². The molecular formula is C21H30N2O4S. The minimum Gasteiger partial charge on any atom is -0.496 e. The molecule has 0 saturated carbocycles. The largest absolute Gasteiger partial charge is 0.496 e. The van der Waals surface area contributed by atoms with Crippen molar-refractivity contribution in [2.24, 2.45) is 0 Å². The highest BCUT2D eigenvalue weighted by Crippen LogP contribution is 2.43. The first-order chi connectivity index (χ1) is 13.5. The van der Waals surface area contributed by atoms with Crippen molar-refractivity contribution in [1.82, 2.24) is 9.47 Å². The number of carbonyl (C=O) groups excluding carboxylic acids is 1. The van der Waals surface area contributed by atoms with Crippen LogP contribution in [0.25, 0.3) is 10.9 Å². The summed E-state index contributed by atoms with van der Waals surface area (Å²) in [6, 6.07) is 6.00. The summed E-state index contributed by atoms with van der Waals surface area (Å²) in [4.78, 5) is 15.2. The van der Waals surface area contributed by atoms with Gasteiger partial charge in [-0.05, 0) is 50.8 Å². The van der Waals surface area contributed by atoms with Gasteiger partial charge in [0.1, 0.15) is 5.75 Å². The number of rotatable bonds is 8. The Morgan fingerprint density at radius 2 is 2.07 bits per heavy atom. The number of nitrogens with zero attached hydrogens (tertiary/aromatic N) is 2. The van der Waals surface area contributed by atoms with E-state index in [1.165, 1.54) is 11.9 Å². The third-order valence-electron chi connectivity index (χ3n) is 5.61. The van der Waals surface area contributed by atoms with Crippen LogP contribution < -0.4 is 4.74 Å². The molecule has 0 radical (unpaired) electrons. The van der Waals surface area contributed by atoms with Gasteiger partial charge in [0.05, 0.1) is 25.2 Å². The summed E-state index contributed by atoms with van der Waals surface area (Å²) in [5, 5.41) is 1.03. The first-order valence-electron chi connectivity index (χ1n) is 9.96. The highest BCUT2D eigenvalue weighted by Gasteiger charge is 2.34. The molecule has 28 heavy (non-hydrogen) atoms. The molecule has 7 heteroatoms. The second kappa shape index (κ2) is 9.09. The summed E-state index contributed by atoms with van der Waals surface area (Å²) in [7, 11) is 1.67. The van der Waals surface area contributed by atoms with E-state index in [0.717, 1.165) is 41.5 Å².